The molecule has 4 aromatic rings. The molecule has 1 atom stereocenters. The summed E-state index contributed by atoms with van der Waals surface area (Å²) in [6, 6.07) is 24.5. The third-order valence-electron chi connectivity index (χ3n) is 6.13. The van der Waals surface area contributed by atoms with Crippen LogP contribution >= 0.6 is 11.5 Å². The van der Waals surface area contributed by atoms with E-state index in [0.29, 0.717) is 31.6 Å². The molecule has 1 amide bonds. The molecule has 1 saturated heterocycles. The summed E-state index contributed by atoms with van der Waals surface area (Å²) in [6.45, 7) is 4.12. The summed E-state index contributed by atoms with van der Waals surface area (Å²) in [5.74, 6) is 0.543. The van der Waals surface area contributed by atoms with Crippen LogP contribution in [0.2, 0.25) is 0 Å². The lowest BCUT2D eigenvalue weighted by Gasteiger charge is -2.39. The largest absolute Gasteiger partial charge is 0.343 e. The zero-order valence-electron chi connectivity index (χ0n) is 18.9. The second-order valence-corrected chi connectivity index (χ2v) is 9.26. The van der Waals surface area contributed by atoms with Crippen molar-refractivity contribution in [1.29, 1.82) is 0 Å². The summed E-state index contributed by atoms with van der Waals surface area (Å²) >= 11 is 1.37. The minimum atomic E-state index is -0.246. The predicted octanol–water partition coefficient (Wildman–Crippen LogP) is 5.29. The molecular formula is C27H25FN4OS. The van der Waals surface area contributed by atoms with Gasteiger partial charge in [0.15, 0.2) is 0 Å². The highest BCUT2D eigenvalue weighted by atomic mass is 32.1. The van der Waals surface area contributed by atoms with Crippen molar-refractivity contribution in [3.63, 3.8) is 0 Å². The monoisotopic (exact) mass is 472 g/mol. The van der Waals surface area contributed by atoms with Gasteiger partial charge in [-0.05, 0) is 47.9 Å². The van der Waals surface area contributed by atoms with E-state index in [-0.39, 0.29) is 17.8 Å². The van der Waals surface area contributed by atoms with Gasteiger partial charge in [0.2, 0.25) is 5.13 Å². The Labute approximate surface area is 202 Å². The van der Waals surface area contributed by atoms with Gasteiger partial charge in [0.25, 0.3) is 5.91 Å². The molecule has 0 radical (unpaired) electrons. The number of halogens is 1. The molecule has 0 bridgehead atoms. The van der Waals surface area contributed by atoms with Crippen LogP contribution in [0.1, 0.15) is 28.7 Å². The summed E-state index contributed by atoms with van der Waals surface area (Å²) in [4.78, 5) is 22.0. The van der Waals surface area contributed by atoms with Crippen molar-refractivity contribution in [2.45, 2.75) is 19.4 Å². The Balaban J connectivity index is 1.21. The molecular weight excluding hydrogens is 447 g/mol. The van der Waals surface area contributed by atoms with E-state index >= 15 is 0 Å². The van der Waals surface area contributed by atoms with Crippen LogP contribution in [-0.4, -0.2) is 45.8 Å². The van der Waals surface area contributed by atoms with Crippen molar-refractivity contribution in [3.05, 3.63) is 102 Å². The fourth-order valence-electron chi connectivity index (χ4n) is 4.26. The zero-order chi connectivity index (χ0) is 23.5. The highest BCUT2D eigenvalue weighted by molar-refractivity contribution is 7.09. The Hall–Kier alpha value is -3.58. The highest BCUT2D eigenvalue weighted by Crippen LogP contribution is 2.24. The van der Waals surface area contributed by atoms with E-state index in [2.05, 4.69) is 33.3 Å². The Morgan fingerprint density at radius 2 is 1.68 bits per heavy atom. The minimum Gasteiger partial charge on any atom is -0.343 e. The molecule has 0 spiro atoms. The quantitative estimate of drug-likeness (QED) is 0.396. The minimum absolute atomic E-state index is 0.0551. The van der Waals surface area contributed by atoms with Crippen LogP contribution in [0.15, 0.2) is 78.9 Å². The molecule has 1 aromatic heterocycles. The number of anilines is 1. The number of carbonyl (C=O) groups is 1. The van der Waals surface area contributed by atoms with Crippen LogP contribution in [0.3, 0.4) is 0 Å². The molecule has 5 rings (SSSR count). The van der Waals surface area contributed by atoms with Gasteiger partial charge in [0, 0.05) is 49.2 Å². The van der Waals surface area contributed by atoms with Crippen molar-refractivity contribution in [3.8, 4) is 11.1 Å². The molecule has 0 saturated carbocycles. The molecule has 7 heteroatoms. The van der Waals surface area contributed by atoms with Gasteiger partial charge in [-0.2, -0.15) is 4.37 Å². The Kier molecular flexibility index (Phi) is 6.36. The van der Waals surface area contributed by atoms with Gasteiger partial charge in [-0.3, -0.25) is 4.79 Å². The standard InChI is InChI=1S/C27H25FN4OS/c1-19-18-31(27-29-25(30-34-27)17-20-7-13-24(28)14-8-20)15-16-32(19)26(33)23-11-9-22(10-12-23)21-5-3-2-4-6-21/h2-14,19H,15-18H2,1H3. The van der Waals surface area contributed by atoms with Crippen LogP contribution in [0.25, 0.3) is 11.1 Å². The normalized spacial score (nSPS) is 16.0. The summed E-state index contributed by atoms with van der Waals surface area (Å²) < 4.78 is 17.6. The molecule has 0 N–H and O–H groups in total. The maximum atomic E-state index is 13.2. The molecule has 1 aliphatic heterocycles. The lowest BCUT2D eigenvalue weighted by molar-refractivity contribution is 0.0674. The Bertz CT molecular complexity index is 1260. The lowest BCUT2D eigenvalue weighted by atomic mass is 10.0. The van der Waals surface area contributed by atoms with Gasteiger partial charge in [-0.1, -0.05) is 54.6 Å². The molecule has 5 nitrogen and oxygen atoms in total. The SMILES string of the molecule is CC1CN(c2nc(Cc3ccc(F)cc3)ns2)CCN1C(=O)c1ccc(-c2ccccc2)cc1. The van der Waals surface area contributed by atoms with Gasteiger partial charge in [0.1, 0.15) is 11.6 Å². The van der Waals surface area contributed by atoms with Crippen molar-refractivity contribution >= 4 is 22.6 Å². The fraction of sp³-hybridized carbons (Fsp3) is 0.222. The third kappa shape index (κ3) is 4.84. The Morgan fingerprint density at radius 3 is 2.38 bits per heavy atom. The summed E-state index contributed by atoms with van der Waals surface area (Å²) in [7, 11) is 0. The third-order valence-corrected chi connectivity index (χ3v) is 6.95. The summed E-state index contributed by atoms with van der Waals surface area (Å²) in [5.41, 5.74) is 3.92. The van der Waals surface area contributed by atoms with Crippen molar-refractivity contribution < 1.29 is 9.18 Å². The molecule has 1 aliphatic rings. The number of benzene rings is 3. The van der Waals surface area contributed by atoms with Gasteiger partial charge in [-0.15, -0.1) is 0 Å². The molecule has 3 aromatic carbocycles. The van der Waals surface area contributed by atoms with Crippen LogP contribution in [0.4, 0.5) is 9.52 Å². The number of hydrogen-bond acceptors (Lipinski definition) is 5. The number of piperazine rings is 1. The van der Waals surface area contributed by atoms with E-state index in [1.165, 1.54) is 23.7 Å². The zero-order valence-corrected chi connectivity index (χ0v) is 19.7. The average Bonchev–Trinajstić information content (AvgIpc) is 3.34. The smallest absolute Gasteiger partial charge is 0.254 e. The lowest BCUT2D eigenvalue weighted by Crippen LogP contribution is -2.54. The molecule has 1 fully saturated rings. The summed E-state index contributed by atoms with van der Waals surface area (Å²) in [5, 5.41) is 0.864. The first kappa shape index (κ1) is 22.2. The van der Waals surface area contributed by atoms with Crippen LogP contribution < -0.4 is 4.90 Å². The number of amides is 1. The van der Waals surface area contributed by atoms with Crippen molar-refractivity contribution in [2.24, 2.45) is 0 Å². The second kappa shape index (κ2) is 9.73. The number of carbonyl (C=O) groups excluding carboxylic acids is 1. The van der Waals surface area contributed by atoms with Crippen LogP contribution in [-0.2, 0) is 6.42 Å². The first-order valence-corrected chi connectivity index (χ1v) is 12.1. The van der Waals surface area contributed by atoms with E-state index in [1.54, 1.807) is 12.1 Å². The number of nitrogens with zero attached hydrogens (tertiary/aromatic N) is 4. The highest BCUT2D eigenvalue weighted by Gasteiger charge is 2.29. The van der Waals surface area contributed by atoms with E-state index in [4.69, 9.17) is 0 Å². The second-order valence-electron chi connectivity index (χ2n) is 8.53. The molecule has 0 aliphatic carbocycles. The van der Waals surface area contributed by atoms with Crippen molar-refractivity contribution in [2.75, 3.05) is 24.5 Å². The van der Waals surface area contributed by atoms with Crippen molar-refractivity contribution in [1.82, 2.24) is 14.3 Å². The topological polar surface area (TPSA) is 49.3 Å². The van der Waals surface area contributed by atoms with Gasteiger partial charge in [-0.25, -0.2) is 9.37 Å². The molecule has 2 heterocycles. The molecule has 1 unspecified atom stereocenters. The first-order valence-electron chi connectivity index (χ1n) is 11.4. The number of hydrogen-bond donors (Lipinski definition) is 0. The summed E-state index contributed by atoms with van der Waals surface area (Å²) in [6.07, 6.45) is 0.573. The van der Waals surface area contributed by atoms with E-state index in [0.717, 1.165) is 27.6 Å². The first-order chi connectivity index (χ1) is 16.6. The van der Waals surface area contributed by atoms with E-state index < -0.39 is 0 Å². The van der Waals surface area contributed by atoms with Crippen LogP contribution in [0.5, 0.6) is 0 Å². The molecule has 172 valence electrons. The maximum absolute atomic E-state index is 13.2. The Morgan fingerprint density at radius 1 is 0.971 bits per heavy atom. The maximum Gasteiger partial charge on any atom is 0.254 e. The van der Waals surface area contributed by atoms with E-state index in [1.807, 2.05) is 47.4 Å². The number of rotatable bonds is 5. The predicted molar refractivity (Wildman–Crippen MR) is 134 cm³/mol. The van der Waals surface area contributed by atoms with Gasteiger partial charge < -0.3 is 9.80 Å². The van der Waals surface area contributed by atoms with Crippen LogP contribution in [0, 0.1) is 5.82 Å². The van der Waals surface area contributed by atoms with Gasteiger partial charge in [0.05, 0.1) is 0 Å². The fourth-order valence-corrected chi connectivity index (χ4v) is 4.98. The van der Waals surface area contributed by atoms with Gasteiger partial charge >= 0.3 is 0 Å². The average molecular weight is 473 g/mol. The number of aromatic nitrogens is 2. The van der Waals surface area contributed by atoms with E-state index in [9.17, 15) is 9.18 Å². The molecule has 34 heavy (non-hydrogen) atoms.